The van der Waals surface area contributed by atoms with Crippen LogP contribution in [-0.4, -0.2) is 43.6 Å². The first kappa shape index (κ1) is 16.1. The second kappa shape index (κ2) is 5.84. The van der Waals surface area contributed by atoms with Crippen LogP contribution in [0, 0.1) is 0 Å². The van der Waals surface area contributed by atoms with Crippen molar-refractivity contribution in [2.75, 3.05) is 6.16 Å². The molecular formula is C11H16FN2O6P. The van der Waals surface area contributed by atoms with Gasteiger partial charge in [0.2, 0.25) is 0 Å². The molecule has 0 aromatic carbocycles. The van der Waals surface area contributed by atoms with Gasteiger partial charge in [0.25, 0.3) is 5.56 Å². The molecule has 10 heteroatoms. The molecule has 0 aliphatic carbocycles. The first-order valence-electron chi connectivity index (χ1n) is 6.29. The first-order valence-corrected chi connectivity index (χ1v) is 7.85. The van der Waals surface area contributed by atoms with Crippen LogP contribution in [0.15, 0.2) is 21.9 Å². The number of nitrogens with zero attached hydrogens (tertiary/aromatic N) is 1. The highest BCUT2D eigenvalue weighted by atomic mass is 31.1. The van der Waals surface area contributed by atoms with Crippen molar-refractivity contribution in [2.24, 2.45) is 0 Å². The van der Waals surface area contributed by atoms with Crippen molar-refractivity contribution in [3.05, 3.63) is 33.1 Å². The Kier molecular flexibility index (Phi) is 4.48. The minimum atomic E-state index is -2.76. The average molecular weight is 322 g/mol. The number of nitrogens with one attached hydrogen (secondary N) is 1. The highest BCUT2D eigenvalue weighted by Gasteiger charge is 2.54. The summed E-state index contributed by atoms with van der Waals surface area (Å²) < 4.78 is 31.5. The largest absolute Gasteiger partial charge is 0.387 e. The topological polar surface area (TPSA) is 122 Å². The lowest BCUT2D eigenvalue weighted by atomic mass is 9.97. The Balaban J connectivity index is 2.29. The average Bonchev–Trinajstić information content (AvgIpc) is 2.60. The quantitative estimate of drug-likeness (QED) is 0.635. The van der Waals surface area contributed by atoms with Gasteiger partial charge in [-0.05, 0) is 13.3 Å². The zero-order valence-electron chi connectivity index (χ0n) is 11.2. The standard InChI is InChI=1S/C11H16FN2O6P/c1-11(12)8(16)6(3-5-21(18)19)20-9(11)14-4-2-7(15)13-10(14)17/h2,4,6,8-9,16,21H,3,5H2,1H3,(H,18,19)(H,13,15,17)/t6?,8-,9?,11-/m1/s1. The Labute approximate surface area is 119 Å². The number of rotatable bonds is 4. The highest BCUT2D eigenvalue weighted by Crippen LogP contribution is 2.42. The summed E-state index contributed by atoms with van der Waals surface area (Å²) in [7, 11) is -2.76. The molecule has 1 aromatic rings. The van der Waals surface area contributed by atoms with E-state index in [-0.39, 0.29) is 12.6 Å². The number of alkyl halides is 1. The van der Waals surface area contributed by atoms with Gasteiger partial charge in [-0.2, -0.15) is 0 Å². The molecule has 0 spiro atoms. The van der Waals surface area contributed by atoms with Crippen molar-refractivity contribution in [1.29, 1.82) is 0 Å². The number of ether oxygens (including phenoxy) is 1. The molecule has 21 heavy (non-hydrogen) atoms. The molecule has 1 saturated heterocycles. The Bertz CT molecular complexity index is 657. The molecule has 0 amide bonds. The van der Waals surface area contributed by atoms with Crippen LogP contribution in [-0.2, 0) is 9.30 Å². The smallest absolute Gasteiger partial charge is 0.330 e. The number of halogens is 1. The molecule has 0 radical (unpaired) electrons. The molecule has 2 rings (SSSR count). The van der Waals surface area contributed by atoms with E-state index in [1.807, 2.05) is 4.98 Å². The molecule has 1 aliphatic heterocycles. The van der Waals surface area contributed by atoms with E-state index in [0.717, 1.165) is 23.8 Å². The first-order chi connectivity index (χ1) is 9.73. The normalized spacial score (nSPS) is 34.0. The zero-order valence-corrected chi connectivity index (χ0v) is 12.2. The van der Waals surface area contributed by atoms with Gasteiger partial charge in [-0.3, -0.25) is 18.9 Å². The zero-order chi connectivity index (χ0) is 15.8. The number of hydrogen-bond acceptors (Lipinski definition) is 5. The lowest BCUT2D eigenvalue weighted by Gasteiger charge is -2.24. The van der Waals surface area contributed by atoms with Crippen LogP contribution in [0.25, 0.3) is 0 Å². The number of aromatic amines is 1. The molecule has 8 nitrogen and oxygen atoms in total. The number of aromatic nitrogens is 2. The van der Waals surface area contributed by atoms with Gasteiger partial charge < -0.3 is 14.7 Å². The lowest BCUT2D eigenvalue weighted by molar-refractivity contribution is -0.0509. The second-order valence-corrected chi connectivity index (χ2v) is 6.36. The Morgan fingerprint density at radius 3 is 2.81 bits per heavy atom. The molecule has 1 aliphatic rings. The van der Waals surface area contributed by atoms with E-state index in [0.29, 0.717) is 0 Å². The maximum absolute atomic E-state index is 14.7. The van der Waals surface area contributed by atoms with Gasteiger partial charge in [-0.25, -0.2) is 9.18 Å². The molecule has 2 heterocycles. The maximum atomic E-state index is 14.7. The predicted molar refractivity (Wildman–Crippen MR) is 71.5 cm³/mol. The van der Waals surface area contributed by atoms with Crippen molar-refractivity contribution in [3.8, 4) is 0 Å². The summed E-state index contributed by atoms with van der Waals surface area (Å²) in [6, 6.07) is 1.03. The summed E-state index contributed by atoms with van der Waals surface area (Å²) in [6.07, 6.45) is -3.04. The molecule has 1 fully saturated rings. The van der Waals surface area contributed by atoms with Crippen molar-refractivity contribution in [3.63, 3.8) is 0 Å². The number of hydrogen-bond donors (Lipinski definition) is 3. The molecule has 1 aromatic heterocycles. The summed E-state index contributed by atoms with van der Waals surface area (Å²) in [4.78, 5) is 33.5. The minimum Gasteiger partial charge on any atom is -0.387 e. The van der Waals surface area contributed by atoms with Crippen LogP contribution >= 0.6 is 8.03 Å². The SMILES string of the molecule is C[C@]1(F)C(n2ccc(=O)[nH]c2=O)OC(CC[PH](=O)O)[C@H]1O. The van der Waals surface area contributed by atoms with Crippen LogP contribution in [0.1, 0.15) is 19.6 Å². The third-order valence-corrected chi connectivity index (χ3v) is 4.18. The number of aliphatic hydroxyl groups is 1. The van der Waals surface area contributed by atoms with Crippen LogP contribution < -0.4 is 11.2 Å². The fraction of sp³-hybridized carbons (Fsp3) is 0.636. The molecular weight excluding hydrogens is 306 g/mol. The van der Waals surface area contributed by atoms with Gasteiger partial charge in [0.15, 0.2) is 19.9 Å². The van der Waals surface area contributed by atoms with Gasteiger partial charge in [-0.15, -0.1) is 0 Å². The highest BCUT2D eigenvalue weighted by molar-refractivity contribution is 7.37. The predicted octanol–water partition coefficient (Wildman–Crippen LogP) is -0.620. The van der Waals surface area contributed by atoms with Crippen LogP contribution in [0.4, 0.5) is 4.39 Å². The number of aliphatic hydroxyl groups excluding tert-OH is 1. The number of H-pyrrole nitrogens is 1. The Hall–Kier alpha value is -1.28. The van der Waals surface area contributed by atoms with Crippen molar-refractivity contribution < 1.29 is 23.7 Å². The maximum Gasteiger partial charge on any atom is 0.330 e. The van der Waals surface area contributed by atoms with Gasteiger partial charge >= 0.3 is 5.69 Å². The Morgan fingerprint density at radius 1 is 1.57 bits per heavy atom. The van der Waals surface area contributed by atoms with Gasteiger partial charge in [0, 0.05) is 18.4 Å². The minimum absolute atomic E-state index is 0.0103. The summed E-state index contributed by atoms with van der Waals surface area (Å²) in [5.41, 5.74) is -3.77. The molecule has 118 valence electrons. The van der Waals surface area contributed by atoms with E-state index in [9.17, 15) is 23.7 Å². The fourth-order valence-electron chi connectivity index (χ4n) is 2.32. The van der Waals surface area contributed by atoms with Crippen molar-refractivity contribution in [2.45, 2.75) is 37.4 Å². The van der Waals surface area contributed by atoms with Crippen molar-refractivity contribution >= 4 is 8.03 Å². The van der Waals surface area contributed by atoms with Crippen LogP contribution in [0.5, 0.6) is 0 Å². The molecule has 3 N–H and O–H groups in total. The third-order valence-electron chi connectivity index (χ3n) is 3.46. The van der Waals surface area contributed by atoms with E-state index in [1.165, 1.54) is 0 Å². The monoisotopic (exact) mass is 322 g/mol. The molecule has 3 unspecified atom stereocenters. The van der Waals surface area contributed by atoms with Crippen LogP contribution in [0.2, 0.25) is 0 Å². The van der Waals surface area contributed by atoms with E-state index < -0.39 is 43.4 Å². The van der Waals surface area contributed by atoms with E-state index >= 15 is 0 Å². The second-order valence-electron chi connectivity index (χ2n) is 5.07. The molecule has 0 saturated carbocycles. The molecule has 0 bridgehead atoms. The molecule has 5 atom stereocenters. The fourth-order valence-corrected chi connectivity index (χ4v) is 2.86. The summed E-state index contributed by atoms with van der Waals surface area (Å²) in [6.45, 7) is 1.07. The summed E-state index contributed by atoms with van der Waals surface area (Å²) in [5, 5.41) is 9.95. The Morgan fingerprint density at radius 2 is 2.24 bits per heavy atom. The van der Waals surface area contributed by atoms with E-state index in [4.69, 9.17) is 9.63 Å². The summed E-state index contributed by atoms with van der Waals surface area (Å²) in [5.74, 6) is 0. The van der Waals surface area contributed by atoms with Crippen LogP contribution in [0.3, 0.4) is 0 Å². The lowest BCUT2D eigenvalue weighted by Crippen LogP contribution is -2.43. The van der Waals surface area contributed by atoms with Crippen molar-refractivity contribution in [1.82, 2.24) is 9.55 Å². The third kappa shape index (κ3) is 3.16. The van der Waals surface area contributed by atoms with Gasteiger partial charge in [0.1, 0.15) is 6.10 Å². The van der Waals surface area contributed by atoms with E-state index in [2.05, 4.69) is 0 Å². The van der Waals surface area contributed by atoms with Gasteiger partial charge in [-0.1, -0.05) is 0 Å². The summed E-state index contributed by atoms with van der Waals surface area (Å²) >= 11 is 0. The van der Waals surface area contributed by atoms with E-state index in [1.54, 1.807) is 0 Å². The van der Waals surface area contributed by atoms with Gasteiger partial charge in [0.05, 0.1) is 6.10 Å².